The highest BCUT2D eigenvalue weighted by atomic mass is 19.1. The van der Waals surface area contributed by atoms with Crippen molar-refractivity contribution in [1.82, 2.24) is 0 Å². The summed E-state index contributed by atoms with van der Waals surface area (Å²) in [7, 11) is 1.56. The fraction of sp³-hybridized carbons (Fsp3) is 0.300. The Morgan fingerprint density at radius 3 is 2.68 bits per heavy atom. The summed E-state index contributed by atoms with van der Waals surface area (Å²) in [6.07, 6.45) is 7.17. The number of methoxy groups -OCH3 is 1. The van der Waals surface area contributed by atoms with Gasteiger partial charge in [-0.15, -0.1) is 5.73 Å². The van der Waals surface area contributed by atoms with Crippen LogP contribution in [-0.4, -0.2) is 25.3 Å². The fourth-order valence-corrected chi connectivity index (χ4v) is 2.35. The van der Waals surface area contributed by atoms with Crippen LogP contribution in [0.5, 0.6) is 5.75 Å². The molecule has 0 saturated carbocycles. The highest BCUT2D eigenvalue weighted by Gasteiger charge is 2.38. The molecule has 0 saturated heterocycles. The zero-order chi connectivity index (χ0) is 18.3. The first-order valence-corrected chi connectivity index (χ1v) is 7.96. The van der Waals surface area contributed by atoms with Gasteiger partial charge in [-0.25, -0.2) is 9.18 Å². The molecule has 0 radical (unpaired) electrons. The van der Waals surface area contributed by atoms with Crippen molar-refractivity contribution in [3.8, 4) is 5.75 Å². The van der Waals surface area contributed by atoms with Crippen LogP contribution in [0.2, 0.25) is 0 Å². The van der Waals surface area contributed by atoms with Crippen molar-refractivity contribution in [1.29, 1.82) is 0 Å². The van der Waals surface area contributed by atoms with Crippen molar-refractivity contribution in [2.75, 3.05) is 13.7 Å². The molecule has 1 atom stereocenters. The number of hydrogen-bond acceptors (Lipinski definition) is 4. The monoisotopic (exact) mass is 344 g/mol. The number of carbonyl (C=O) groups excluding carboxylic acids is 1. The molecular formula is C20H21FO4. The molecule has 0 amide bonds. The number of hydrogen-bond donors (Lipinski definition) is 0. The Hall–Kier alpha value is -2.78. The molecule has 1 aliphatic rings. The Morgan fingerprint density at radius 1 is 1.24 bits per heavy atom. The van der Waals surface area contributed by atoms with Gasteiger partial charge in [-0.05, 0) is 43.7 Å². The average molecular weight is 344 g/mol. The van der Waals surface area contributed by atoms with Crippen LogP contribution >= 0.6 is 0 Å². The molecule has 0 aromatic heterocycles. The Bertz CT molecular complexity index is 757. The minimum absolute atomic E-state index is 0.0000747. The minimum atomic E-state index is -1.38. The van der Waals surface area contributed by atoms with E-state index in [4.69, 9.17) is 14.2 Å². The molecule has 132 valence electrons. The molecule has 1 aromatic carbocycles. The molecule has 0 N–H and O–H groups in total. The second-order valence-corrected chi connectivity index (χ2v) is 5.63. The first-order chi connectivity index (χ1) is 12.0. The van der Waals surface area contributed by atoms with Gasteiger partial charge >= 0.3 is 5.97 Å². The molecule has 1 aliphatic carbocycles. The van der Waals surface area contributed by atoms with Gasteiger partial charge in [-0.2, -0.15) is 0 Å². The number of allylic oxidation sites excluding steroid dienone is 3. The van der Waals surface area contributed by atoms with Crippen molar-refractivity contribution in [3.63, 3.8) is 0 Å². The molecule has 0 fully saturated rings. The zero-order valence-electron chi connectivity index (χ0n) is 14.5. The Balaban J connectivity index is 2.31. The van der Waals surface area contributed by atoms with Crippen LogP contribution in [0.4, 0.5) is 4.39 Å². The largest absolute Gasteiger partial charge is 0.496 e. The molecule has 1 aromatic rings. The summed E-state index contributed by atoms with van der Waals surface area (Å²) in [6.45, 7) is 3.50. The van der Waals surface area contributed by atoms with Crippen molar-refractivity contribution in [2.24, 2.45) is 0 Å². The van der Waals surface area contributed by atoms with Gasteiger partial charge in [0.05, 0.1) is 13.7 Å². The number of para-hydroxylation sites is 1. The second-order valence-electron chi connectivity index (χ2n) is 5.63. The summed E-state index contributed by atoms with van der Waals surface area (Å²) in [4.78, 5) is 12.5. The van der Waals surface area contributed by atoms with Gasteiger partial charge in [-0.1, -0.05) is 18.2 Å². The number of ether oxygens (including phenoxy) is 3. The van der Waals surface area contributed by atoms with E-state index in [0.717, 1.165) is 5.57 Å². The zero-order valence-corrected chi connectivity index (χ0v) is 14.5. The highest BCUT2D eigenvalue weighted by molar-refractivity contribution is 5.80. The molecule has 1 unspecified atom stereocenters. The van der Waals surface area contributed by atoms with Crippen molar-refractivity contribution in [3.05, 3.63) is 71.5 Å². The van der Waals surface area contributed by atoms with Crippen LogP contribution in [0.3, 0.4) is 0 Å². The number of carbonyl (C=O) groups is 1. The Kier molecular flexibility index (Phi) is 6.20. The number of benzene rings is 1. The molecule has 2 rings (SSSR count). The minimum Gasteiger partial charge on any atom is -0.496 e. The van der Waals surface area contributed by atoms with Crippen molar-refractivity contribution >= 4 is 5.97 Å². The third kappa shape index (κ3) is 4.85. The quantitative estimate of drug-likeness (QED) is 0.552. The molecular weight excluding hydrogens is 323 g/mol. The van der Waals surface area contributed by atoms with Gasteiger partial charge in [0, 0.05) is 12.5 Å². The van der Waals surface area contributed by atoms with E-state index in [0.29, 0.717) is 5.76 Å². The summed E-state index contributed by atoms with van der Waals surface area (Å²) >= 11 is 0. The van der Waals surface area contributed by atoms with E-state index in [1.807, 2.05) is 0 Å². The van der Waals surface area contributed by atoms with E-state index < -0.39 is 17.4 Å². The number of esters is 1. The van der Waals surface area contributed by atoms with Crippen molar-refractivity contribution < 1.29 is 23.4 Å². The maximum absolute atomic E-state index is 14.0. The van der Waals surface area contributed by atoms with Gasteiger partial charge in [0.1, 0.15) is 5.76 Å². The molecule has 0 bridgehead atoms. The smallest absolute Gasteiger partial charge is 0.350 e. The van der Waals surface area contributed by atoms with Gasteiger partial charge < -0.3 is 14.2 Å². The summed E-state index contributed by atoms with van der Waals surface area (Å²) in [5, 5.41) is 0. The number of halogens is 1. The van der Waals surface area contributed by atoms with Crippen LogP contribution in [-0.2, 0) is 14.3 Å². The normalized spacial score (nSPS) is 15.5. The van der Waals surface area contributed by atoms with Crippen LogP contribution < -0.4 is 4.74 Å². The summed E-state index contributed by atoms with van der Waals surface area (Å²) in [5.41, 5.74) is 2.37. The van der Waals surface area contributed by atoms with E-state index in [9.17, 15) is 9.18 Å². The Morgan fingerprint density at radius 2 is 2.00 bits per heavy atom. The topological polar surface area (TPSA) is 44.8 Å². The van der Waals surface area contributed by atoms with Crippen molar-refractivity contribution in [2.45, 2.75) is 25.9 Å². The summed E-state index contributed by atoms with van der Waals surface area (Å²) in [5.74, 6) is -0.458. The summed E-state index contributed by atoms with van der Waals surface area (Å²) in [6, 6.07) is 5.96. The predicted octanol–water partition coefficient (Wildman–Crippen LogP) is 4.10. The maximum atomic E-state index is 14.0. The average Bonchev–Trinajstić information content (AvgIpc) is 2.82. The SMILES string of the molecule is CCOC(=O)C(C)(CC1=CC=C(OC)C=C=C1)Oc1ccccc1F. The molecule has 0 heterocycles. The standard InChI is InChI=1S/C20H21FO4/c1-4-24-19(22)20(2,25-18-11-6-5-10-17(18)21)14-15-8-7-9-16(23-3)13-12-15/h5-6,8-13H,4,14H2,1-3H3. The molecule has 25 heavy (non-hydrogen) atoms. The molecule has 4 nitrogen and oxygen atoms in total. The van der Waals surface area contributed by atoms with Gasteiger partial charge in [-0.3, -0.25) is 0 Å². The predicted molar refractivity (Wildman–Crippen MR) is 92.5 cm³/mol. The highest BCUT2D eigenvalue weighted by Crippen LogP contribution is 2.29. The van der Waals surface area contributed by atoms with E-state index in [1.54, 1.807) is 57.4 Å². The fourth-order valence-electron chi connectivity index (χ4n) is 2.35. The second kappa shape index (κ2) is 8.36. The Labute approximate surface area is 146 Å². The van der Waals surface area contributed by atoms with Crippen LogP contribution in [0, 0.1) is 5.82 Å². The molecule has 0 aliphatic heterocycles. The third-order valence-electron chi connectivity index (χ3n) is 3.61. The van der Waals surface area contributed by atoms with Crippen LogP contribution in [0.1, 0.15) is 20.3 Å². The van der Waals surface area contributed by atoms with Crippen LogP contribution in [0.15, 0.2) is 65.6 Å². The first-order valence-electron chi connectivity index (χ1n) is 7.96. The summed E-state index contributed by atoms with van der Waals surface area (Å²) < 4.78 is 30.0. The van der Waals surface area contributed by atoms with E-state index in [-0.39, 0.29) is 18.8 Å². The lowest BCUT2D eigenvalue weighted by atomic mass is 9.95. The van der Waals surface area contributed by atoms with E-state index in [2.05, 4.69) is 5.73 Å². The van der Waals surface area contributed by atoms with Gasteiger partial charge in [0.2, 0.25) is 5.60 Å². The number of rotatable bonds is 7. The van der Waals surface area contributed by atoms with Crippen LogP contribution in [0.25, 0.3) is 0 Å². The van der Waals surface area contributed by atoms with E-state index >= 15 is 0 Å². The van der Waals surface area contributed by atoms with Gasteiger partial charge in [0.25, 0.3) is 0 Å². The molecule has 5 heteroatoms. The molecule has 0 spiro atoms. The lowest BCUT2D eigenvalue weighted by molar-refractivity contribution is -0.160. The van der Waals surface area contributed by atoms with E-state index in [1.165, 1.54) is 12.1 Å². The maximum Gasteiger partial charge on any atom is 0.350 e. The lowest BCUT2D eigenvalue weighted by Crippen LogP contribution is -2.43. The third-order valence-corrected chi connectivity index (χ3v) is 3.61. The van der Waals surface area contributed by atoms with Gasteiger partial charge in [0.15, 0.2) is 11.6 Å². The lowest BCUT2D eigenvalue weighted by Gasteiger charge is -2.29. The first kappa shape index (κ1) is 18.6.